The third-order valence-corrected chi connectivity index (χ3v) is 4.80. The molecule has 0 aliphatic carbocycles. The Bertz CT molecular complexity index is 881. The van der Waals surface area contributed by atoms with Crippen LogP contribution in [0, 0.1) is 5.82 Å². The van der Waals surface area contributed by atoms with Crippen molar-refractivity contribution in [3.8, 4) is 11.1 Å². The number of nitrogens with zero attached hydrogens (tertiary/aromatic N) is 1. The van der Waals surface area contributed by atoms with Crippen LogP contribution in [-0.2, 0) is 11.2 Å². The first kappa shape index (κ1) is 21.2. The van der Waals surface area contributed by atoms with Crippen LogP contribution < -0.4 is 0 Å². The average Bonchev–Trinajstić information content (AvgIpc) is 2.86. The Kier molecular flexibility index (Phi) is 5.63. The number of aliphatic hydroxyl groups excluding tert-OH is 1. The van der Waals surface area contributed by atoms with E-state index in [0.717, 1.165) is 4.90 Å². The van der Waals surface area contributed by atoms with Gasteiger partial charge in [0.25, 0.3) is 5.92 Å². The molecule has 2 atom stereocenters. The number of hydrogen-bond acceptors (Lipinski definition) is 3. The van der Waals surface area contributed by atoms with Crippen molar-refractivity contribution >= 4 is 6.09 Å². The monoisotopic (exact) mass is 407 g/mol. The van der Waals surface area contributed by atoms with Crippen LogP contribution >= 0.6 is 0 Å². The van der Waals surface area contributed by atoms with Gasteiger partial charge in [-0.2, -0.15) is 0 Å². The molecule has 3 rings (SSSR count). The predicted octanol–water partition coefficient (Wildman–Crippen LogP) is 4.65. The lowest BCUT2D eigenvalue weighted by molar-refractivity contribution is -0.0807. The fourth-order valence-corrected chi connectivity index (χ4v) is 3.44. The van der Waals surface area contributed by atoms with Crippen molar-refractivity contribution in [2.45, 2.75) is 50.9 Å². The molecule has 1 fully saturated rings. The Balaban J connectivity index is 1.91. The molecule has 0 unspecified atom stereocenters. The quantitative estimate of drug-likeness (QED) is 0.806. The van der Waals surface area contributed by atoms with Crippen LogP contribution in [0.5, 0.6) is 0 Å². The average molecular weight is 407 g/mol. The number of carbonyl (C=O) groups excluding carboxylic acids is 1. The summed E-state index contributed by atoms with van der Waals surface area (Å²) in [5, 5.41) is 10.2. The summed E-state index contributed by atoms with van der Waals surface area (Å²) in [6.45, 7) is 3.88. The van der Waals surface area contributed by atoms with Crippen LogP contribution in [0.3, 0.4) is 0 Å². The number of halogens is 3. The molecule has 1 aliphatic rings. The van der Waals surface area contributed by atoms with Gasteiger partial charge in [0, 0.05) is 5.56 Å². The van der Waals surface area contributed by atoms with E-state index in [2.05, 4.69) is 0 Å². The molecule has 2 aromatic carbocycles. The highest BCUT2D eigenvalue weighted by Crippen LogP contribution is 2.36. The van der Waals surface area contributed by atoms with Crippen molar-refractivity contribution in [2.24, 2.45) is 0 Å². The molecule has 2 aromatic rings. The molecule has 0 radical (unpaired) electrons. The van der Waals surface area contributed by atoms with E-state index in [1.54, 1.807) is 63.2 Å². The zero-order valence-corrected chi connectivity index (χ0v) is 16.5. The second kappa shape index (κ2) is 7.71. The van der Waals surface area contributed by atoms with Crippen molar-refractivity contribution in [3.05, 3.63) is 59.9 Å². The molecule has 1 aliphatic heterocycles. The minimum atomic E-state index is -3.50. The maximum absolute atomic E-state index is 15.1. The third-order valence-electron chi connectivity index (χ3n) is 4.80. The zero-order chi connectivity index (χ0) is 21.4. The van der Waals surface area contributed by atoms with Gasteiger partial charge in [0.1, 0.15) is 17.5 Å². The Morgan fingerprint density at radius 1 is 1.17 bits per heavy atom. The summed E-state index contributed by atoms with van der Waals surface area (Å²) in [6, 6.07) is 12.2. The number of likely N-dealkylation sites (tertiary alicyclic amines) is 1. The van der Waals surface area contributed by atoms with Crippen molar-refractivity contribution in [2.75, 3.05) is 6.54 Å². The van der Waals surface area contributed by atoms with Gasteiger partial charge in [-0.15, -0.1) is 0 Å². The number of hydrogen-bond donors (Lipinski definition) is 1. The molecule has 0 saturated carbocycles. The number of benzene rings is 2. The zero-order valence-electron chi connectivity index (χ0n) is 16.5. The van der Waals surface area contributed by atoms with E-state index in [0.29, 0.717) is 11.1 Å². The summed E-state index contributed by atoms with van der Waals surface area (Å²) < 4.78 is 48.7. The molecule has 0 bridgehead atoms. The van der Waals surface area contributed by atoms with Gasteiger partial charge in [-0.3, -0.25) is 4.90 Å². The number of amides is 1. The van der Waals surface area contributed by atoms with Crippen molar-refractivity contribution in [1.82, 2.24) is 4.90 Å². The SMILES string of the molecule is CC(C)(C)OC(=O)N1CC(F)(F)[C@@H](O)[C@@H]1Cc1cccc(-c2ccccc2)c1F. The lowest BCUT2D eigenvalue weighted by Crippen LogP contribution is -2.44. The lowest BCUT2D eigenvalue weighted by Gasteiger charge is -2.29. The van der Waals surface area contributed by atoms with Crippen LogP contribution in [0.2, 0.25) is 0 Å². The summed E-state index contributed by atoms with van der Waals surface area (Å²) in [5.74, 6) is -4.07. The standard InChI is InChI=1S/C22H24F3NO3/c1-21(2,3)29-20(28)26-13-22(24,25)19(27)17(26)12-15-10-7-11-16(18(15)23)14-8-5-4-6-9-14/h4-11,17,19,27H,12-13H2,1-3H3/t17-,19-/m0/s1. The van der Waals surface area contributed by atoms with Crippen LogP contribution in [0.4, 0.5) is 18.0 Å². The fourth-order valence-electron chi connectivity index (χ4n) is 3.44. The summed E-state index contributed by atoms with van der Waals surface area (Å²) in [5.41, 5.74) is 0.226. The first-order valence-corrected chi connectivity index (χ1v) is 9.38. The maximum atomic E-state index is 15.1. The number of rotatable bonds is 3. The van der Waals surface area contributed by atoms with Gasteiger partial charge in [0.2, 0.25) is 0 Å². The molecule has 0 aromatic heterocycles. The molecule has 1 heterocycles. The van der Waals surface area contributed by atoms with Gasteiger partial charge >= 0.3 is 6.09 Å². The van der Waals surface area contributed by atoms with Crippen LogP contribution in [-0.4, -0.2) is 46.3 Å². The van der Waals surface area contributed by atoms with Crippen LogP contribution in [0.15, 0.2) is 48.5 Å². The van der Waals surface area contributed by atoms with Gasteiger partial charge in [-0.05, 0) is 38.3 Å². The molecular formula is C22H24F3NO3. The van der Waals surface area contributed by atoms with Gasteiger partial charge in [0.05, 0.1) is 12.6 Å². The minimum absolute atomic E-state index is 0.140. The van der Waals surface area contributed by atoms with Gasteiger partial charge < -0.3 is 9.84 Å². The van der Waals surface area contributed by atoms with Crippen molar-refractivity contribution in [3.63, 3.8) is 0 Å². The van der Waals surface area contributed by atoms with E-state index in [-0.39, 0.29) is 12.0 Å². The minimum Gasteiger partial charge on any atom is -0.444 e. The van der Waals surface area contributed by atoms with Crippen molar-refractivity contribution in [1.29, 1.82) is 0 Å². The van der Waals surface area contributed by atoms with Crippen LogP contribution in [0.1, 0.15) is 26.3 Å². The molecule has 1 saturated heterocycles. The molecular weight excluding hydrogens is 383 g/mol. The molecule has 7 heteroatoms. The van der Waals surface area contributed by atoms with E-state index in [1.807, 2.05) is 0 Å². The smallest absolute Gasteiger partial charge is 0.410 e. The highest BCUT2D eigenvalue weighted by atomic mass is 19.3. The summed E-state index contributed by atoms with van der Waals surface area (Å²) in [6.07, 6.45) is -3.34. The molecule has 1 amide bonds. The van der Waals surface area contributed by atoms with E-state index >= 15 is 4.39 Å². The Morgan fingerprint density at radius 3 is 2.45 bits per heavy atom. The summed E-state index contributed by atoms with van der Waals surface area (Å²) in [7, 11) is 0. The Hall–Kier alpha value is -2.54. The molecule has 1 N–H and O–H groups in total. The summed E-state index contributed by atoms with van der Waals surface area (Å²) in [4.78, 5) is 13.2. The first-order valence-electron chi connectivity index (χ1n) is 9.38. The fraction of sp³-hybridized carbons (Fsp3) is 0.409. The number of carbonyl (C=O) groups is 1. The highest BCUT2D eigenvalue weighted by molar-refractivity contribution is 5.70. The van der Waals surface area contributed by atoms with E-state index in [4.69, 9.17) is 4.74 Å². The molecule has 0 spiro atoms. The van der Waals surface area contributed by atoms with Gasteiger partial charge in [-0.1, -0.05) is 48.5 Å². The maximum Gasteiger partial charge on any atom is 0.410 e. The number of aliphatic hydroxyl groups is 1. The lowest BCUT2D eigenvalue weighted by atomic mass is 9.96. The number of ether oxygens (including phenoxy) is 1. The van der Waals surface area contributed by atoms with E-state index < -0.39 is 42.1 Å². The van der Waals surface area contributed by atoms with E-state index in [9.17, 15) is 18.7 Å². The van der Waals surface area contributed by atoms with E-state index in [1.165, 1.54) is 6.07 Å². The second-order valence-corrected chi connectivity index (χ2v) is 8.23. The van der Waals surface area contributed by atoms with Gasteiger partial charge in [0.15, 0.2) is 0 Å². The van der Waals surface area contributed by atoms with Crippen LogP contribution in [0.25, 0.3) is 11.1 Å². The topological polar surface area (TPSA) is 49.8 Å². The van der Waals surface area contributed by atoms with Crippen molar-refractivity contribution < 1.29 is 27.8 Å². The Morgan fingerprint density at radius 2 is 1.83 bits per heavy atom. The summed E-state index contributed by atoms with van der Waals surface area (Å²) >= 11 is 0. The third kappa shape index (κ3) is 4.56. The predicted molar refractivity (Wildman–Crippen MR) is 103 cm³/mol. The largest absolute Gasteiger partial charge is 0.444 e. The molecule has 4 nitrogen and oxygen atoms in total. The first-order chi connectivity index (χ1) is 13.5. The molecule has 156 valence electrons. The Labute approximate surface area is 167 Å². The number of alkyl halides is 2. The molecule has 29 heavy (non-hydrogen) atoms. The van der Waals surface area contributed by atoms with Gasteiger partial charge in [-0.25, -0.2) is 18.0 Å². The highest BCUT2D eigenvalue weighted by Gasteiger charge is 2.56. The normalized spacial score (nSPS) is 21.3. The second-order valence-electron chi connectivity index (χ2n) is 8.23.